The van der Waals surface area contributed by atoms with Gasteiger partial charge in [0, 0.05) is 0 Å². The first-order chi connectivity index (χ1) is 3.83. The number of rotatable bonds is 2. The van der Waals surface area contributed by atoms with Crippen molar-refractivity contribution < 1.29 is 5.48 Å². The van der Waals surface area contributed by atoms with Crippen molar-refractivity contribution in [3.8, 4) is 0 Å². The zero-order valence-electron chi connectivity index (χ0n) is 6.08. The average Bonchev–Trinajstić information content (AvgIpc) is 1.88. The van der Waals surface area contributed by atoms with E-state index in [1.165, 1.54) is 9.10 Å². The minimum absolute atomic E-state index is 0. The Morgan fingerprint density at radius 1 is 1.00 bits per heavy atom. The SMILES string of the molecule is C[CH2][Mg][I].C[CH2][Mg][I].O. The van der Waals surface area contributed by atoms with Crippen LogP contribution in [0.4, 0.5) is 0 Å². The fourth-order valence-electron chi connectivity index (χ4n) is 0. The number of hydrogen-bond donors (Lipinski definition) is 0. The van der Waals surface area contributed by atoms with Gasteiger partial charge in [-0.25, -0.2) is 0 Å². The standard InChI is InChI=1S/2C2H5.2HI.2Mg.H2O/c2*1-2;;;;;/h2*1H2,2H3;2*1H;;;1H2/q;;;;2*+1;/p-2. The Hall–Kier alpha value is 2.95. The van der Waals surface area contributed by atoms with Crippen LogP contribution in [0.3, 0.4) is 0 Å². The first kappa shape index (κ1) is 17.9. The summed E-state index contributed by atoms with van der Waals surface area (Å²) in [5.41, 5.74) is 0. The summed E-state index contributed by atoms with van der Waals surface area (Å²) in [6.45, 7) is 4.47. The van der Waals surface area contributed by atoms with Crippen molar-refractivity contribution in [1.29, 1.82) is 0 Å². The van der Waals surface area contributed by atoms with Crippen molar-refractivity contribution in [2.45, 2.75) is 22.9 Å². The van der Waals surface area contributed by atoms with Crippen LogP contribution in [0.2, 0.25) is 9.10 Å². The fraction of sp³-hybridized carbons (Fsp3) is 1.00. The van der Waals surface area contributed by atoms with Gasteiger partial charge in [0.2, 0.25) is 0 Å². The Bertz CT molecular complexity index is 24.5. The van der Waals surface area contributed by atoms with Crippen molar-refractivity contribution >= 4 is 70.7 Å². The van der Waals surface area contributed by atoms with E-state index >= 15 is 0 Å². The zero-order valence-corrected chi connectivity index (χ0v) is 13.2. The molecule has 5 heteroatoms. The Morgan fingerprint density at radius 3 is 1.11 bits per heavy atom. The van der Waals surface area contributed by atoms with Crippen molar-refractivity contribution in [1.82, 2.24) is 0 Å². The molecule has 0 aliphatic carbocycles. The molecule has 0 heterocycles. The maximum absolute atomic E-state index is 2.49. The molecule has 0 radical (unpaired) electrons. The lowest BCUT2D eigenvalue weighted by Crippen LogP contribution is -1.59. The van der Waals surface area contributed by atoms with Gasteiger partial charge in [0.15, 0.2) is 0 Å². The van der Waals surface area contributed by atoms with Gasteiger partial charge < -0.3 is 43.2 Å². The molecule has 52 valence electrons. The highest BCUT2D eigenvalue weighted by atomic mass is 127. The molecular formula is C4H12I2Mg2O. The average molecular weight is 379 g/mol. The maximum atomic E-state index is 2.49. The third kappa shape index (κ3) is 35.8. The molecular weight excluding hydrogens is 366 g/mol. The topological polar surface area (TPSA) is 31.5 Å². The normalized spacial score (nSPS) is 4.89. The highest BCUT2D eigenvalue weighted by Crippen LogP contribution is 1.79. The predicted octanol–water partition coefficient (Wildman–Crippen LogP) is 2.13. The lowest BCUT2D eigenvalue weighted by atomic mass is 11.0. The highest BCUT2D eigenvalue weighted by molar-refractivity contribution is 14.1. The smallest absolute Gasteiger partial charge is 0.412 e. The summed E-state index contributed by atoms with van der Waals surface area (Å²) in [5, 5.41) is 0. The van der Waals surface area contributed by atoms with E-state index in [0.717, 1.165) is 0 Å². The molecule has 0 amide bonds. The summed E-state index contributed by atoms with van der Waals surface area (Å²) < 4.78 is 2.89. The van der Waals surface area contributed by atoms with E-state index in [1.807, 2.05) is 0 Å². The van der Waals surface area contributed by atoms with E-state index in [1.54, 1.807) is 0 Å². The minimum Gasteiger partial charge on any atom is -0.412 e. The Balaban J connectivity index is -0.0000000720. The van der Waals surface area contributed by atoms with E-state index in [2.05, 4.69) is 51.5 Å². The number of halogens is 2. The van der Waals surface area contributed by atoms with E-state index in [0.29, 0.717) is 33.0 Å². The summed E-state index contributed by atoms with van der Waals surface area (Å²) in [7, 11) is 0. The molecule has 0 unspecified atom stereocenters. The molecule has 0 fully saturated rings. The van der Waals surface area contributed by atoms with Crippen molar-refractivity contribution in [2.75, 3.05) is 0 Å². The maximum Gasteiger partial charge on any atom is 0.463 e. The summed E-state index contributed by atoms with van der Waals surface area (Å²) in [5.74, 6) is 0. The van der Waals surface area contributed by atoms with Crippen LogP contribution in [0.25, 0.3) is 0 Å². The number of hydrogen-bond acceptors (Lipinski definition) is 0. The summed E-state index contributed by atoms with van der Waals surface area (Å²) in [6, 6.07) is 0. The van der Waals surface area contributed by atoms with E-state index in [4.69, 9.17) is 0 Å². The predicted molar refractivity (Wildman–Crippen MR) is 64.1 cm³/mol. The van der Waals surface area contributed by atoms with Crippen LogP contribution in [0.5, 0.6) is 0 Å². The monoisotopic (exact) mass is 378 g/mol. The van der Waals surface area contributed by atoms with E-state index < -0.39 is 0 Å². The third-order valence-corrected chi connectivity index (χ3v) is 7.61. The molecule has 0 rings (SSSR count). The van der Waals surface area contributed by atoms with Gasteiger partial charge in [0.1, 0.15) is 0 Å². The molecule has 0 saturated heterocycles. The van der Waals surface area contributed by atoms with Gasteiger partial charge in [-0.05, 0) is 0 Å². The molecule has 0 aromatic rings. The summed E-state index contributed by atoms with van der Waals surface area (Å²) in [4.78, 5) is 0. The molecule has 0 spiro atoms. The molecule has 0 saturated carbocycles. The van der Waals surface area contributed by atoms with Crippen LogP contribution in [0.15, 0.2) is 0 Å². The quantitative estimate of drug-likeness (QED) is 0.521. The Labute approximate surface area is 97.0 Å². The molecule has 9 heavy (non-hydrogen) atoms. The molecule has 0 aliphatic rings. The summed E-state index contributed by atoms with van der Waals surface area (Å²) in [6.07, 6.45) is 0. The molecule has 0 aromatic heterocycles. The van der Waals surface area contributed by atoms with Gasteiger partial charge >= 0.3 is 33.0 Å². The fourth-order valence-corrected chi connectivity index (χ4v) is 0. The van der Waals surface area contributed by atoms with Crippen LogP contribution in [0, 0.1) is 0 Å². The van der Waals surface area contributed by atoms with Crippen molar-refractivity contribution in [3.63, 3.8) is 0 Å². The Morgan fingerprint density at radius 2 is 1.11 bits per heavy atom. The van der Waals surface area contributed by atoms with Gasteiger partial charge in [-0.1, -0.05) is 13.8 Å². The first-order valence-corrected chi connectivity index (χ1v) is 15.2. The molecule has 0 aromatic carbocycles. The van der Waals surface area contributed by atoms with Crippen molar-refractivity contribution in [2.24, 2.45) is 0 Å². The zero-order chi connectivity index (χ0) is 6.83. The highest BCUT2D eigenvalue weighted by Gasteiger charge is 1.73. The third-order valence-electron chi connectivity index (χ3n) is 0.378. The lowest BCUT2D eigenvalue weighted by molar-refractivity contribution is 0.824. The van der Waals surface area contributed by atoms with Crippen LogP contribution < -0.4 is 0 Å². The second kappa shape index (κ2) is 22.4. The molecule has 0 aliphatic heterocycles. The molecule has 1 nitrogen and oxygen atoms in total. The first-order valence-electron chi connectivity index (χ1n) is 2.95. The Kier molecular flexibility index (Phi) is 44.6. The molecule has 0 atom stereocenters. The van der Waals surface area contributed by atoms with Gasteiger partial charge in [0.25, 0.3) is 0 Å². The van der Waals surface area contributed by atoms with Crippen LogP contribution in [-0.2, 0) is 0 Å². The van der Waals surface area contributed by atoms with E-state index in [9.17, 15) is 0 Å². The van der Waals surface area contributed by atoms with Crippen molar-refractivity contribution in [3.05, 3.63) is 0 Å². The largest absolute Gasteiger partial charge is 0.463 e. The summed E-state index contributed by atoms with van der Waals surface area (Å²) >= 11 is 5.77. The van der Waals surface area contributed by atoms with Gasteiger partial charge in [-0.2, -0.15) is 0 Å². The molecule has 2 N–H and O–H groups in total. The van der Waals surface area contributed by atoms with Crippen LogP contribution >= 0.6 is 37.7 Å². The second-order valence-electron chi connectivity index (χ2n) is 1.38. The second-order valence-corrected chi connectivity index (χ2v) is 10.6. The van der Waals surface area contributed by atoms with Gasteiger partial charge in [-0.3, -0.25) is 0 Å². The van der Waals surface area contributed by atoms with Gasteiger partial charge in [-0.15, -0.1) is 9.10 Å². The minimum atomic E-state index is 0. The lowest BCUT2D eigenvalue weighted by Gasteiger charge is -1.59. The van der Waals surface area contributed by atoms with Crippen LogP contribution in [0.1, 0.15) is 13.8 Å². The van der Waals surface area contributed by atoms with Crippen LogP contribution in [-0.4, -0.2) is 38.4 Å². The molecule has 0 bridgehead atoms. The van der Waals surface area contributed by atoms with Gasteiger partial charge in [0.05, 0.1) is 0 Å². The van der Waals surface area contributed by atoms with E-state index in [-0.39, 0.29) is 5.48 Å².